The third kappa shape index (κ3) is 6.30. The van der Waals surface area contributed by atoms with E-state index >= 15 is 0 Å². The SMILES string of the molecule is CCOc1cc(NC(=S)NC[C@H]2CCCO2)c(OCC)cc1NC(=O)c1ccccc1F. The first-order chi connectivity index (χ1) is 15.5. The van der Waals surface area contributed by atoms with Crippen molar-refractivity contribution in [2.75, 3.05) is 37.0 Å². The fourth-order valence-corrected chi connectivity index (χ4v) is 3.51. The molecule has 0 aliphatic carbocycles. The van der Waals surface area contributed by atoms with Gasteiger partial charge in [0.15, 0.2) is 5.11 Å². The molecule has 1 amide bonds. The second-order valence-corrected chi connectivity index (χ2v) is 7.52. The van der Waals surface area contributed by atoms with Crippen LogP contribution in [0.25, 0.3) is 0 Å². The monoisotopic (exact) mass is 461 g/mol. The van der Waals surface area contributed by atoms with Crippen LogP contribution in [0.5, 0.6) is 11.5 Å². The number of carbonyl (C=O) groups excluding carboxylic acids is 1. The number of nitrogens with one attached hydrogen (secondary N) is 3. The molecule has 0 unspecified atom stereocenters. The Bertz CT molecular complexity index is 951. The van der Waals surface area contributed by atoms with Crippen LogP contribution in [-0.2, 0) is 4.74 Å². The first-order valence-corrected chi connectivity index (χ1v) is 11.1. The van der Waals surface area contributed by atoms with Crippen molar-refractivity contribution >= 4 is 34.6 Å². The smallest absolute Gasteiger partial charge is 0.258 e. The minimum Gasteiger partial charge on any atom is -0.492 e. The number of rotatable bonds is 9. The fraction of sp³-hybridized carbons (Fsp3) is 0.391. The molecule has 0 spiro atoms. The molecule has 172 valence electrons. The van der Waals surface area contributed by atoms with Crippen LogP contribution >= 0.6 is 12.2 Å². The lowest BCUT2D eigenvalue weighted by molar-refractivity contribution is 0.102. The van der Waals surface area contributed by atoms with Gasteiger partial charge in [0.2, 0.25) is 0 Å². The highest BCUT2D eigenvalue weighted by Crippen LogP contribution is 2.37. The molecule has 3 rings (SSSR count). The molecule has 32 heavy (non-hydrogen) atoms. The molecular weight excluding hydrogens is 433 g/mol. The van der Waals surface area contributed by atoms with Gasteiger partial charge in [-0.05, 0) is 51.0 Å². The first kappa shape index (κ1) is 23.7. The summed E-state index contributed by atoms with van der Waals surface area (Å²) in [7, 11) is 0. The number of anilines is 2. The molecule has 1 aliphatic rings. The number of hydrogen-bond acceptors (Lipinski definition) is 5. The van der Waals surface area contributed by atoms with E-state index in [1.165, 1.54) is 18.2 Å². The van der Waals surface area contributed by atoms with Gasteiger partial charge in [-0.25, -0.2) is 4.39 Å². The highest BCUT2D eigenvalue weighted by molar-refractivity contribution is 7.80. The Morgan fingerprint density at radius 1 is 1.12 bits per heavy atom. The van der Waals surface area contributed by atoms with E-state index in [-0.39, 0.29) is 11.7 Å². The van der Waals surface area contributed by atoms with Crippen LogP contribution in [0.15, 0.2) is 36.4 Å². The standard InChI is InChI=1S/C23H28FN3O4S/c1-3-29-20-13-19(27-23(32)25-14-15-8-7-11-31-15)21(30-4-2)12-18(20)26-22(28)16-9-5-6-10-17(16)24/h5-6,9-10,12-13,15H,3-4,7-8,11,14H2,1-2H3,(H,26,28)(H2,25,27,32)/t15-/m1/s1. The van der Waals surface area contributed by atoms with Crippen molar-refractivity contribution in [1.82, 2.24) is 5.32 Å². The van der Waals surface area contributed by atoms with Crippen molar-refractivity contribution in [1.29, 1.82) is 0 Å². The normalized spacial score (nSPS) is 15.2. The lowest BCUT2D eigenvalue weighted by atomic mass is 10.1. The molecule has 1 aliphatic heterocycles. The Kier molecular flexibility index (Phi) is 8.64. The number of carbonyl (C=O) groups is 1. The molecule has 9 heteroatoms. The lowest BCUT2D eigenvalue weighted by Crippen LogP contribution is -2.34. The number of hydrogen-bond donors (Lipinski definition) is 3. The zero-order valence-electron chi connectivity index (χ0n) is 18.2. The molecular formula is C23H28FN3O4S. The fourth-order valence-electron chi connectivity index (χ4n) is 3.32. The van der Waals surface area contributed by atoms with E-state index in [0.717, 1.165) is 19.4 Å². The molecule has 0 aromatic heterocycles. The Morgan fingerprint density at radius 2 is 1.78 bits per heavy atom. The van der Waals surface area contributed by atoms with Crippen molar-refractivity contribution in [2.24, 2.45) is 0 Å². The summed E-state index contributed by atoms with van der Waals surface area (Å²) in [6.07, 6.45) is 2.21. The number of benzene rings is 2. The molecule has 3 N–H and O–H groups in total. The van der Waals surface area contributed by atoms with Crippen LogP contribution in [0.1, 0.15) is 37.0 Å². The topological polar surface area (TPSA) is 80.8 Å². The Hall–Kier alpha value is -2.91. The van der Waals surface area contributed by atoms with Crippen LogP contribution in [0, 0.1) is 5.82 Å². The minimum atomic E-state index is -0.603. The molecule has 1 heterocycles. The maximum absolute atomic E-state index is 14.0. The van der Waals surface area contributed by atoms with Crippen molar-refractivity contribution in [3.63, 3.8) is 0 Å². The Labute approximate surface area is 192 Å². The van der Waals surface area contributed by atoms with Gasteiger partial charge in [0.1, 0.15) is 17.3 Å². The van der Waals surface area contributed by atoms with Crippen LogP contribution in [-0.4, -0.2) is 43.5 Å². The van der Waals surface area contributed by atoms with Crippen molar-refractivity contribution in [3.8, 4) is 11.5 Å². The highest BCUT2D eigenvalue weighted by atomic mass is 32.1. The second kappa shape index (κ2) is 11.6. The van der Waals surface area contributed by atoms with E-state index in [2.05, 4.69) is 16.0 Å². The van der Waals surface area contributed by atoms with Gasteiger partial charge < -0.3 is 30.2 Å². The molecule has 7 nitrogen and oxygen atoms in total. The van der Waals surface area contributed by atoms with Gasteiger partial charge in [-0.2, -0.15) is 0 Å². The van der Waals surface area contributed by atoms with E-state index in [1.807, 2.05) is 13.8 Å². The predicted molar refractivity (Wildman–Crippen MR) is 126 cm³/mol. The Balaban J connectivity index is 1.80. The van der Waals surface area contributed by atoms with Gasteiger partial charge in [-0.3, -0.25) is 4.79 Å². The molecule has 1 fully saturated rings. The Morgan fingerprint density at radius 3 is 2.38 bits per heavy atom. The summed E-state index contributed by atoms with van der Waals surface area (Å²) in [6.45, 7) is 5.85. The summed E-state index contributed by atoms with van der Waals surface area (Å²) in [5, 5.41) is 9.42. The van der Waals surface area contributed by atoms with Crippen LogP contribution < -0.4 is 25.4 Å². The summed E-state index contributed by atoms with van der Waals surface area (Å²) in [6, 6.07) is 9.12. The van der Waals surface area contributed by atoms with Gasteiger partial charge in [0, 0.05) is 25.3 Å². The third-order valence-corrected chi connectivity index (χ3v) is 5.06. The molecule has 1 atom stereocenters. The van der Waals surface area contributed by atoms with Gasteiger partial charge in [0.25, 0.3) is 5.91 Å². The summed E-state index contributed by atoms with van der Waals surface area (Å²) < 4.78 is 31.1. The number of halogens is 1. The van der Waals surface area contributed by atoms with E-state index in [9.17, 15) is 9.18 Å². The molecule has 0 saturated carbocycles. The summed E-state index contributed by atoms with van der Waals surface area (Å²) in [5.41, 5.74) is 0.894. The van der Waals surface area contributed by atoms with Gasteiger partial charge in [0.05, 0.1) is 36.3 Å². The van der Waals surface area contributed by atoms with Crippen molar-refractivity contribution in [3.05, 3.63) is 47.8 Å². The second-order valence-electron chi connectivity index (χ2n) is 7.11. The van der Waals surface area contributed by atoms with Gasteiger partial charge in [-0.15, -0.1) is 0 Å². The van der Waals surface area contributed by atoms with Gasteiger partial charge in [-0.1, -0.05) is 12.1 Å². The quantitative estimate of drug-likeness (QED) is 0.479. The van der Waals surface area contributed by atoms with Crippen LogP contribution in [0.4, 0.5) is 15.8 Å². The maximum atomic E-state index is 14.0. The number of thiocarbonyl (C=S) groups is 1. The minimum absolute atomic E-state index is 0.0605. The number of ether oxygens (including phenoxy) is 3. The molecule has 2 aromatic carbocycles. The largest absolute Gasteiger partial charge is 0.492 e. The third-order valence-electron chi connectivity index (χ3n) is 4.81. The van der Waals surface area contributed by atoms with Crippen molar-refractivity contribution in [2.45, 2.75) is 32.8 Å². The summed E-state index contributed by atoms with van der Waals surface area (Å²) in [4.78, 5) is 12.6. The van der Waals surface area contributed by atoms with E-state index < -0.39 is 11.7 Å². The maximum Gasteiger partial charge on any atom is 0.258 e. The summed E-state index contributed by atoms with van der Waals surface area (Å²) in [5.74, 6) is -0.305. The molecule has 1 saturated heterocycles. The molecule has 2 aromatic rings. The van der Waals surface area contributed by atoms with Crippen molar-refractivity contribution < 1.29 is 23.4 Å². The van der Waals surface area contributed by atoms with E-state index in [4.69, 9.17) is 26.4 Å². The van der Waals surface area contributed by atoms with Gasteiger partial charge >= 0.3 is 0 Å². The zero-order chi connectivity index (χ0) is 22.9. The first-order valence-electron chi connectivity index (χ1n) is 10.7. The zero-order valence-corrected chi connectivity index (χ0v) is 19.0. The molecule has 0 radical (unpaired) electrons. The summed E-state index contributed by atoms with van der Waals surface area (Å²) >= 11 is 5.42. The van der Waals surface area contributed by atoms with Crippen LogP contribution in [0.3, 0.4) is 0 Å². The van der Waals surface area contributed by atoms with E-state index in [0.29, 0.717) is 47.7 Å². The molecule has 0 bridgehead atoms. The number of amides is 1. The predicted octanol–water partition coefficient (Wildman–Crippen LogP) is 4.34. The van der Waals surface area contributed by atoms with Crippen LogP contribution in [0.2, 0.25) is 0 Å². The highest BCUT2D eigenvalue weighted by Gasteiger charge is 2.19. The average molecular weight is 462 g/mol. The average Bonchev–Trinajstić information content (AvgIpc) is 3.29. The van der Waals surface area contributed by atoms with E-state index in [1.54, 1.807) is 18.2 Å². The lowest BCUT2D eigenvalue weighted by Gasteiger charge is -2.19.